The molecule has 0 aliphatic carbocycles. The van der Waals surface area contributed by atoms with Crippen molar-refractivity contribution in [2.75, 3.05) is 19.6 Å². The lowest BCUT2D eigenvalue weighted by Gasteiger charge is -2.26. The van der Waals surface area contributed by atoms with E-state index in [1.165, 1.54) is 6.42 Å². The van der Waals surface area contributed by atoms with Crippen molar-refractivity contribution in [2.45, 2.75) is 51.5 Å². The van der Waals surface area contributed by atoms with Crippen molar-refractivity contribution in [2.24, 2.45) is 5.73 Å². The topological polar surface area (TPSA) is 75.4 Å². The van der Waals surface area contributed by atoms with Crippen molar-refractivity contribution in [3.8, 4) is 0 Å². The van der Waals surface area contributed by atoms with Gasteiger partial charge in [-0.05, 0) is 39.5 Å². The minimum absolute atomic E-state index is 0.0232. The van der Waals surface area contributed by atoms with E-state index in [2.05, 4.69) is 5.32 Å². The fourth-order valence-corrected chi connectivity index (χ4v) is 1.95. The van der Waals surface area contributed by atoms with E-state index in [9.17, 15) is 9.59 Å². The van der Waals surface area contributed by atoms with Crippen LogP contribution in [0.2, 0.25) is 0 Å². The molecule has 0 unspecified atom stereocenters. The number of nitrogens with zero attached hydrogens (tertiary/aromatic N) is 1. The number of nitrogens with one attached hydrogen (secondary N) is 1. The number of hydrogen-bond acceptors (Lipinski definition) is 3. The summed E-state index contributed by atoms with van der Waals surface area (Å²) in [6, 6.07) is 0. The van der Waals surface area contributed by atoms with Crippen LogP contribution in [0, 0.1) is 0 Å². The molecule has 104 valence electrons. The first-order valence-corrected chi connectivity index (χ1v) is 6.72. The highest BCUT2D eigenvalue weighted by molar-refractivity contribution is 5.84. The molecule has 0 saturated carbocycles. The van der Waals surface area contributed by atoms with Crippen LogP contribution in [-0.4, -0.2) is 41.9 Å². The van der Waals surface area contributed by atoms with Crippen LogP contribution in [-0.2, 0) is 9.59 Å². The summed E-state index contributed by atoms with van der Waals surface area (Å²) in [5, 5.41) is 2.67. The number of carbonyl (C=O) groups excluding carboxylic acids is 2. The van der Waals surface area contributed by atoms with Crippen molar-refractivity contribution in [3.63, 3.8) is 0 Å². The maximum atomic E-state index is 11.8. The van der Waals surface area contributed by atoms with Crippen LogP contribution < -0.4 is 11.1 Å². The molecule has 0 radical (unpaired) electrons. The van der Waals surface area contributed by atoms with Crippen LogP contribution in [0.4, 0.5) is 0 Å². The molecule has 0 aromatic carbocycles. The summed E-state index contributed by atoms with van der Waals surface area (Å²) in [5.41, 5.74) is 5.46. The maximum absolute atomic E-state index is 11.8. The number of nitrogens with two attached hydrogens (primary N) is 1. The zero-order valence-electron chi connectivity index (χ0n) is 11.5. The average molecular weight is 255 g/mol. The van der Waals surface area contributed by atoms with E-state index in [-0.39, 0.29) is 23.9 Å². The van der Waals surface area contributed by atoms with E-state index >= 15 is 0 Å². The van der Waals surface area contributed by atoms with Crippen LogP contribution >= 0.6 is 0 Å². The van der Waals surface area contributed by atoms with E-state index in [1.54, 1.807) is 0 Å². The molecule has 18 heavy (non-hydrogen) atoms. The largest absolute Gasteiger partial charge is 0.347 e. The molecular weight excluding hydrogens is 230 g/mol. The number of amides is 2. The van der Waals surface area contributed by atoms with Gasteiger partial charge in [0.1, 0.15) is 0 Å². The minimum Gasteiger partial charge on any atom is -0.347 e. The first-order chi connectivity index (χ1) is 8.38. The molecule has 0 bridgehead atoms. The molecular formula is C13H25N3O2. The zero-order chi connectivity index (χ0) is 13.6. The van der Waals surface area contributed by atoms with Crippen molar-refractivity contribution >= 4 is 11.8 Å². The number of hydrogen-bond donors (Lipinski definition) is 2. The Kier molecular flexibility index (Phi) is 5.59. The van der Waals surface area contributed by atoms with E-state index in [4.69, 9.17) is 5.73 Å². The Morgan fingerprint density at radius 3 is 2.39 bits per heavy atom. The Morgan fingerprint density at radius 2 is 1.83 bits per heavy atom. The van der Waals surface area contributed by atoms with Gasteiger partial charge in [0.2, 0.25) is 11.8 Å². The van der Waals surface area contributed by atoms with Gasteiger partial charge < -0.3 is 16.0 Å². The van der Waals surface area contributed by atoms with Gasteiger partial charge in [-0.15, -0.1) is 0 Å². The lowest BCUT2D eigenvalue weighted by Crippen LogP contribution is -2.43. The first kappa shape index (κ1) is 15.0. The fraction of sp³-hybridized carbons (Fsp3) is 0.846. The van der Waals surface area contributed by atoms with Crippen LogP contribution in [0.5, 0.6) is 0 Å². The fourth-order valence-electron chi connectivity index (χ4n) is 1.95. The molecule has 1 saturated heterocycles. The van der Waals surface area contributed by atoms with Crippen molar-refractivity contribution in [1.82, 2.24) is 10.2 Å². The molecule has 1 aliphatic rings. The Labute approximate surface area is 109 Å². The third-order valence-electron chi connectivity index (χ3n) is 3.14. The summed E-state index contributed by atoms with van der Waals surface area (Å²) < 4.78 is 0. The number of rotatable bonds is 5. The molecule has 0 spiro atoms. The summed E-state index contributed by atoms with van der Waals surface area (Å²) in [4.78, 5) is 25.2. The third-order valence-corrected chi connectivity index (χ3v) is 3.14. The molecule has 5 nitrogen and oxygen atoms in total. The van der Waals surface area contributed by atoms with E-state index in [1.807, 2.05) is 18.7 Å². The van der Waals surface area contributed by atoms with Crippen LogP contribution in [0.1, 0.15) is 46.0 Å². The van der Waals surface area contributed by atoms with Crippen molar-refractivity contribution in [3.05, 3.63) is 0 Å². The molecule has 0 aromatic rings. The molecule has 1 fully saturated rings. The summed E-state index contributed by atoms with van der Waals surface area (Å²) in [5.74, 6) is -0.0751. The molecule has 1 aliphatic heterocycles. The number of likely N-dealkylation sites (tertiary alicyclic amines) is 1. The Balaban J connectivity index is 2.19. The first-order valence-electron chi connectivity index (χ1n) is 6.72. The van der Waals surface area contributed by atoms with Crippen LogP contribution in [0.15, 0.2) is 0 Å². The van der Waals surface area contributed by atoms with E-state index < -0.39 is 0 Å². The molecule has 1 rings (SSSR count). The van der Waals surface area contributed by atoms with Gasteiger partial charge in [-0.25, -0.2) is 0 Å². The lowest BCUT2D eigenvalue weighted by atomic mass is 10.00. The van der Waals surface area contributed by atoms with Gasteiger partial charge in [0.05, 0.1) is 6.54 Å². The van der Waals surface area contributed by atoms with Gasteiger partial charge in [-0.1, -0.05) is 0 Å². The Hall–Kier alpha value is -1.10. The molecule has 1 heterocycles. The maximum Gasteiger partial charge on any atom is 0.241 e. The molecule has 2 amide bonds. The van der Waals surface area contributed by atoms with Crippen LogP contribution in [0.3, 0.4) is 0 Å². The Morgan fingerprint density at radius 1 is 1.22 bits per heavy atom. The smallest absolute Gasteiger partial charge is 0.241 e. The average Bonchev–Trinajstić information content (AvgIpc) is 2.33. The predicted octanol–water partition coefficient (Wildman–Crippen LogP) is 0.633. The van der Waals surface area contributed by atoms with E-state index in [0.29, 0.717) is 12.8 Å². The Bertz CT molecular complexity index is 291. The summed E-state index contributed by atoms with van der Waals surface area (Å²) >= 11 is 0. The highest BCUT2D eigenvalue weighted by atomic mass is 16.2. The second-order valence-corrected chi connectivity index (χ2v) is 5.71. The molecule has 0 atom stereocenters. The SMILES string of the molecule is CC(C)(N)CCC(=O)NCC(=O)N1CCCCC1. The highest BCUT2D eigenvalue weighted by Gasteiger charge is 2.17. The van der Waals surface area contributed by atoms with Crippen molar-refractivity contribution in [1.29, 1.82) is 0 Å². The van der Waals surface area contributed by atoms with E-state index in [0.717, 1.165) is 25.9 Å². The summed E-state index contributed by atoms with van der Waals surface area (Å²) in [7, 11) is 0. The molecule has 5 heteroatoms. The predicted molar refractivity (Wildman–Crippen MR) is 70.9 cm³/mol. The molecule has 0 aromatic heterocycles. The lowest BCUT2D eigenvalue weighted by molar-refractivity contribution is -0.133. The van der Waals surface area contributed by atoms with Crippen LogP contribution in [0.25, 0.3) is 0 Å². The minimum atomic E-state index is -0.339. The second kappa shape index (κ2) is 6.73. The number of piperidine rings is 1. The monoisotopic (exact) mass is 255 g/mol. The summed E-state index contributed by atoms with van der Waals surface area (Å²) in [6.45, 7) is 5.54. The normalized spacial score (nSPS) is 16.5. The standard InChI is InChI=1S/C13H25N3O2/c1-13(2,14)7-6-11(17)15-10-12(18)16-8-4-3-5-9-16/h3-10,14H2,1-2H3,(H,15,17). The van der Waals surface area contributed by atoms with Crippen molar-refractivity contribution < 1.29 is 9.59 Å². The van der Waals surface area contributed by atoms with Gasteiger partial charge in [-0.3, -0.25) is 9.59 Å². The quantitative estimate of drug-likeness (QED) is 0.756. The van der Waals surface area contributed by atoms with Gasteiger partial charge in [0, 0.05) is 25.0 Å². The van der Waals surface area contributed by atoms with Gasteiger partial charge >= 0.3 is 0 Å². The zero-order valence-corrected chi connectivity index (χ0v) is 11.5. The van der Waals surface area contributed by atoms with Gasteiger partial charge in [-0.2, -0.15) is 0 Å². The third kappa shape index (κ3) is 6.00. The van der Waals surface area contributed by atoms with Gasteiger partial charge in [0.25, 0.3) is 0 Å². The summed E-state index contributed by atoms with van der Waals surface area (Å²) in [6.07, 6.45) is 4.33. The molecule has 3 N–H and O–H groups in total. The number of carbonyl (C=O) groups is 2. The second-order valence-electron chi connectivity index (χ2n) is 5.71. The highest BCUT2D eigenvalue weighted by Crippen LogP contribution is 2.09. The van der Waals surface area contributed by atoms with Gasteiger partial charge in [0.15, 0.2) is 0 Å².